The monoisotopic (exact) mass is 363 g/mol. The predicted octanol–water partition coefficient (Wildman–Crippen LogP) is 4.24. The second-order valence-corrected chi connectivity index (χ2v) is 5.09. The molecule has 1 aromatic carbocycles. The van der Waals surface area contributed by atoms with E-state index in [1.807, 2.05) is 0 Å². The molecular formula is C12H6BrClF3N3. The minimum absolute atomic E-state index is 0.0328. The van der Waals surface area contributed by atoms with Crippen molar-refractivity contribution in [3.63, 3.8) is 0 Å². The summed E-state index contributed by atoms with van der Waals surface area (Å²) in [5.41, 5.74) is -1.22. The van der Waals surface area contributed by atoms with E-state index in [1.54, 1.807) is 24.3 Å². The zero-order chi connectivity index (χ0) is 14.9. The van der Waals surface area contributed by atoms with Gasteiger partial charge in [-0.2, -0.15) is 23.5 Å². The van der Waals surface area contributed by atoms with E-state index in [0.717, 1.165) is 9.15 Å². The Morgan fingerprint density at radius 3 is 2.50 bits per heavy atom. The molecule has 104 valence electrons. The largest absolute Gasteiger partial charge is 0.436 e. The molecule has 0 bridgehead atoms. The molecule has 0 spiro atoms. The molecule has 3 nitrogen and oxygen atoms in total. The average molecular weight is 365 g/mol. The molecular weight excluding hydrogens is 359 g/mol. The standard InChI is InChI=1S/C12H6BrClF3N3/c13-9-4-2-1-3-7(9)6-20-11(14)8(5-18)10(19-20)12(15,16)17/h1-4H,6H2. The molecule has 0 fully saturated rings. The Morgan fingerprint density at radius 2 is 2.00 bits per heavy atom. The molecule has 0 saturated heterocycles. The number of hydrogen-bond donors (Lipinski definition) is 0. The van der Waals surface area contributed by atoms with E-state index in [1.165, 1.54) is 6.07 Å². The number of benzene rings is 1. The summed E-state index contributed by atoms with van der Waals surface area (Å²) < 4.78 is 39.9. The van der Waals surface area contributed by atoms with Crippen molar-refractivity contribution < 1.29 is 13.2 Å². The van der Waals surface area contributed by atoms with E-state index >= 15 is 0 Å². The van der Waals surface area contributed by atoms with Crippen LogP contribution in [0.3, 0.4) is 0 Å². The number of halogens is 5. The van der Waals surface area contributed by atoms with Crippen LogP contribution in [0.2, 0.25) is 5.15 Å². The van der Waals surface area contributed by atoms with E-state index in [0.29, 0.717) is 5.56 Å². The van der Waals surface area contributed by atoms with Crippen molar-refractivity contribution in [2.75, 3.05) is 0 Å². The van der Waals surface area contributed by atoms with Crippen LogP contribution >= 0.6 is 27.5 Å². The molecule has 0 N–H and O–H groups in total. The van der Waals surface area contributed by atoms with Crippen LogP contribution in [-0.2, 0) is 12.7 Å². The zero-order valence-electron chi connectivity index (χ0n) is 9.75. The van der Waals surface area contributed by atoms with Gasteiger partial charge in [-0.3, -0.25) is 0 Å². The predicted molar refractivity (Wildman–Crippen MR) is 70.2 cm³/mol. The van der Waals surface area contributed by atoms with Crippen molar-refractivity contribution in [2.24, 2.45) is 0 Å². The Bertz CT molecular complexity index is 688. The third-order valence-corrected chi connectivity index (χ3v) is 3.71. The maximum Gasteiger partial charge on any atom is 0.436 e. The maximum absolute atomic E-state index is 12.8. The van der Waals surface area contributed by atoms with Gasteiger partial charge in [-0.1, -0.05) is 45.7 Å². The summed E-state index contributed by atoms with van der Waals surface area (Å²) in [5, 5.41) is 11.9. The van der Waals surface area contributed by atoms with Gasteiger partial charge in [0.2, 0.25) is 0 Å². The van der Waals surface area contributed by atoms with Gasteiger partial charge in [0.1, 0.15) is 16.8 Å². The second kappa shape index (κ2) is 5.46. The van der Waals surface area contributed by atoms with Gasteiger partial charge < -0.3 is 0 Å². The zero-order valence-corrected chi connectivity index (χ0v) is 12.1. The summed E-state index contributed by atoms with van der Waals surface area (Å²) in [6.45, 7) is 0.0328. The smallest absolute Gasteiger partial charge is 0.248 e. The van der Waals surface area contributed by atoms with E-state index in [4.69, 9.17) is 16.9 Å². The Balaban J connectivity index is 2.47. The van der Waals surface area contributed by atoms with Crippen molar-refractivity contribution in [1.29, 1.82) is 5.26 Å². The van der Waals surface area contributed by atoms with E-state index < -0.39 is 17.4 Å². The second-order valence-electron chi connectivity index (χ2n) is 3.87. The Morgan fingerprint density at radius 1 is 1.35 bits per heavy atom. The van der Waals surface area contributed by atoms with Gasteiger partial charge in [0.15, 0.2) is 5.69 Å². The summed E-state index contributed by atoms with van der Waals surface area (Å²) in [7, 11) is 0. The molecule has 0 radical (unpaired) electrons. The lowest BCUT2D eigenvalue weighted by atomic mass is 10.2. The molecule has 0 saturated carbocycles. The van der Waals surface area contributed by atoms with E-state index in [2.05, 4.69) is 21.0 Å². The third kappa shape index (κ3) is 2.81. The summed E-state index contributed by atoms with van der Waals surface area (Å²) in [4.78, 5) is 0. The molecule has 1 heterocycles. The number of nitriles is 1. The summed E-state index contributed by atoms with van der Waals surface area (Å²) >= 11 is 9.09. The van der Waals surface area contributed by atoms with Gasteiger partial charge in [0.25, 0.3) is 0 Å². The molecule has 2 aromatic rings. The van der Waals surface area contributed by atoms with Crippen molar-refractivity contribution in [3.05, 3.63) is 50.7 Å². The van der Waals surface area contributed by atoms with Crippen LogP contribution in [0.4, 0.5) is 13.2 Å². The summed E-state index contributed by atoms with van der Waals surface area (Å²) in [6.07, 6.45) is -4.71. The molecule has 1 aromatic heterocycles. The number of rotatable bonds is 2. The van der Waals surface area contributed by atoms with Crippen LogP contribution in [-0.4, -0.2) is 9.78 Å². The Kier molecular flexibility index (Phi) is 4.06. The lowest BCUT2D eigenvalue weighted by Gasteiger charge is -2.05. The maximum atomic E-state index is 12.8. The SMILES string of the molecule is N#Cc1c(C(F)(F)F)nn(Cc2ccccc2Br)c1Cl. The molecule has 0 aliphatic rings. The van der Waals surface area contributed by atoms with Crippen LogP contribution in [0.1, 0.15) is 16.8 Å². The Hall–Kier alpha value is -1.52. The van der Waals surface area contributed by atoms with E-state index in [9.17, 15) is 13.2 Å². The lowest BCUT2D eigenvalue weighted by Crippen LogP contribution is -2.09. The minimum Gasteiger partial charge on any atom is -0.248 e. The number of alkyl halides is 3. The van der Waals surface area contributed by atoms with Crippen LogP contribution in [0.15, 0.2) is 28.7 Å². The number of aromatic nitrogens is 2. The topological polar surface area (TPSA) is 41.6 Å². The first kappa shape index (κ1) is 14.9. The first-order chi connectivity index (χ1) is 9.34. The average Bonchev–Trinajstić information content (AvgIpc) is 2.69. The quantitative estimate of drug-likeness (QED) is 0.800. The Labute approximate surface area is 125 Å². The first-order valence-corrected chi connectivity index (χ1v) is 6.48. The summed E-state index contributed by atoms with van der Waals surface area (Å²) in [6, 6.07) is 8.44. The minimum atomic E-state index is -4.71. The van der Waals surface area contributed by atoms with Gasteiger partial charge in [-0.05, 0) is 11.6 Å². The van der Waals surface area contributed by atoms with Crippen LogP contribution < -0.4 is 0 Å². The first-order valence-electron chi connectivity index (χ1n) is 5.31. The van der Waals surface area contributed by atoms with Gasteiger partial charge in [0, 0.05) is 4.47 Å². The van der Waals surface area contributed by atoms with Gasteiger partial charge in [0.05, 0.1) is 6.54 Å². The van der Waals surface area contributed by atoms with Crippen molar-refractivity contribution >= 4 is 27.5 Å². The molecule has 0 unspecified atom stereocenters. The van der Waals surface area contributed by atoms with Gasteiger partial charge in [-0.15, -0.1) is 0 Å². The molecule has 2 rings (SSSR count). The molecule has 0 aliphatic carbocycles. The lowest BCUT2D eigenvalue weighted by molar-refractivity contribution is -0.141. The van der Waals surface area contributed by atoms with Crippen molar-refractivity contribution in [1.82, 2.24) is 9.78 Å². The highest BCUT2D eigenvalue weighted by Gasteiger charge is 2.39. The van der Waals surface area contributed by atoms with Crippen molar-refractivity contribution in [2.45, 2.75) is 12.7 Å². The summed E-state index contributed by atoms with van der Waals surface area (Å²) in [5.74, 6) is 0. The van der Waals surface area contributed by atoms with Crippen LogP contribution in [0, 0.1) is 11.3 Å². The highest BCUT2D eigenvalue weighted by atomic mass is 79.9. The van der Waals surface area contributed by atoms with E-state index in [-0.39, 0.29) is 11.7 Å². The fraction of sp³-hybridized carbons (Fsp3) is 0.167. The highest BCUT2D eigenvalue weighted by Crippen LogP contribution is 2.34. The molecule has 20 heavy (non-hydrogen) atoms. The van der Waals surface area contributed by atoms with Gasteiger partial charge >= 0.3 is 6.18 Å². The third-order valence-electron chi connectivity index (χ3n) is 2.55. The van der Waals surface area contributed by atoms with Crippen LogP contribution in [0.5, 0.6) is 0 Å². The normalized spacial score (nSPS) is 11.4. The highest BCUT2D eigenvalue weighted by molar-refractivity contribution is 9.10. The molecule has 8 heteroatoms. The van der Waals surface area contributed by atoms with Gasteiger partial charge in [-0.25, -0.2) is 4.68 Å². The fourth-order valence-corrected chi connectivity index (χ4v) is 2.27. The molecule has 0 atom stereocenters. The van der Waals surface area contributed by atoms with Crippen LogP contribution in [0.25, 0.3) is 0 Å². The number of nitrogens with zero attached hydrogens (tertiary/aromatic N) is 3. The fourth-order valence-electron chi connectivity index (χ4n) is 1.63. The molecule has 0 amide bonds. The molecule has 0 aliphatic heterocycles. The van der Waals surface area contributed by atoms with Crippen molar-refractivity contribution in [3.8, 4) is 6.07 Å². The number of hydrogen-bond acceptors (Lipinski definition) is 2.